The lowest BCUT2D eigenvalue weighted by Crippen LogP contribution is -2.15. The minimum absolute atomic E-state index is 0.335. The number of aromatic nitrogens is 1. The molecule has 1 heterocycles. The van der Waals surface area contributed by atoms with Gasteiger partial charge in [-0.1, -0.05) is 0 Å². The van der Waals surface area contributed by atoms with Crippen LogP contribution < -0.4 is 5.32 Å². The van der Waals surface area contributed by atoms with Gasteiger partial charge < -0.3 is 5.32 Å². The number of carbonyl (C=O) groups is 1. The van der Waals surface area contributed by atoms with Crippen molar-refractivity contribution in [3.8, 4) is 0 Å². The zero-order valence-corrected chi connectivity index (χ0v) is 10.5. The Balaban J connectivity index is 2.37. The number of nitro groups is 1. The van der Waals surface area contributed by atoms with Gasteiger partial charge in [-0.2, -0.15) is 0 Å². The monoisotopic (exact) mass is 275 g/mol. The average molecular weight is 275 g/mol. The molecule has 0 fully saturated rings. The quantitative estimate of drug-likeness (QED) is 0.689. The van der Waals surface area contributed by atoms with Gasteiger partial charge in [-0.3, -0.25) is 19.9 Å². The van der Waals surface area contributed by atoms with Crippen LogP contribution in [-0.4, -0.2) is 15.8 Å². The average Bonchev–Trinajstić information content (AvgIpc) is 2.40. The van der Waals surface area contributed by atoms with Crippen LogP contribution in [0.5, 0.6) is 0 Å². The highest BCUT2D eigenvalue weighted by Crippen LogP contribution is 2.21. The molecule has 2 rings (SSSR count). The molecule has 1 N–H and O–H groups in total. The molecule has 0 aliphatic rings. The summed E-state index contributed by atoms with van der Waals surface area (Å²) < 4.78 is 13.2. The van der Waals surface area contributed by atoms with Gasteiger partial charge in [0.15, 0.2) is 0 Å². The van der Waals surface area contributed by atoms with Gasteiger partial charge in [-0.15, -0.1) is 0 Å². The second-order valence-corrected chi connectivity index (χ2v) is 4.06. The fourth-order valence-electron chi connectivity index (χ4n) is 1.63. The molecule has 0 aliphatic heterocycles. The molecule has 0 radical (unpaired) electrons. The number of carbonyl (C=O) groups excluding carboxylic acids is 1. The first kappa shape index (κ1) is 13.6. The van der Waals surface area contributed by atoms with Crippen molar-refractivity contribution < 1.29 is 14.1 Å². The number of anilines is 1. The number of rotatable bonds is 3. The fraction of sp³-hybridized carbons (Fsp3) is 0.0769. The summed E-state index contributed by atoms with van der Waals surface area (Å²) in [6.07, 6.45) is 2.97. The van der Waals surface area contributed by atoms with E-state index in [0.29, 0.717) is 5.69 Å². The standard InChI is InChI=1S/C13H10FN3O3/c1-8-4-5-15-7-11(8)16-13(18)10-6-9(14)2-3-12(10)17(19)20/h2-7H,1H3,(H,16,18). The zero-order chi connectivity index (χ0) is 14.7. The predicted octanol–water partition coefficient (Wildman–Crippen LogP) is 2.69. The van der Waals surface area contributed by atoms with Gasteiger partial charge in [0, 0.05) is 12.3 Å². The van der Waals surface area contributed by atoms with Gasteiger partial charge in [0.2, 0.25) is 0 Å². The number of nitrogens with one attached hydrogen (secondary N) is 1. The summed E-state index contributed by atoms with van der Waals surface area (Å²) >= 11 is 0. The number of pyridine rings is 1. The van der Waals surface area contributed by atoms with Crippen LogP contribution in [0, 0.1) is 22.9 Å². The van der Waals surface area contributed by atoms with E-state index in [2.05, 4.69) is 10.3 Å². The van der Waals surface area contributed by atoms with Gasteiger partial charge in [0.05, 0.1) is 16.8 Å². The Kier molecular flexibility index (Phi) is 3.69. The van der Waals surface area contributed by atoms with Gasteiger partial charge in [0.1, 0.15) is 11.4 Å². The lowest BCUT2D eigenvalue weighted by Gasteiger charge is -2.07. The second kappa shape index (κ2) is 5.43. The number of benzene rings is 1. The van der Waals surface area contributed by atoms with Gasteiger partial charge >= 0.3 is 0 Å². The molecule has 1 aromatic carbocycles. The maximum absolute atomic E-state index is 13.2. The number of hydrogen-bond acceptors (Lipinski definition) is 4. The van der Waals surface area contributed by atoms with E-state index >= 15 is 0 Å². The molecule has 0 saturated carbocycles. The summed E-state index contributed by atoms with van der Waals surface area (Å²) in [5.74, 6) is -1.48. The lowest BCUT2D eigenvalue weighted by atomic mass is 10.1. The number of nitro benzene ring substituents is 1. The van der Waals surface area contributed by atoms with E-state index in [9.17, 15) is 19.3 Å². The van der Waals surface area contributed by atoms with Crippen molar-refractivity contribution >= 4 is 17.3 Å². The molecule has 0 atom stereocenters. The zero-order valence-electron chi connectivity index (χ0n) is 10.5. The Morgan fingerprint density at radius 3 is 2.80 bits per heavy atom. The molecule has 0 aliphatic carbocycles. The van der Waals surface area contributed by atoms with Crippen LogP contribution in [-0.2, 0) is 0 Å². The van der Waals surface area contributed by atoms with Crippen LogP contribution >= 0.6 is 0 Å². The molecular weight excluding hydrogens is 265 g/mol. The Morgan fingerprint density at radius 1 is 1.40 bits per heavy atom. The molecule has 1 aromatic heterocycles. The highest BCUT2D eigenvalue weighted by molar-refractivity contribution is 6.07. The SMILES string of the molecule is Cc1ccncc1NC(=O)c1cc(F)ccc1[N+](=O)[O-]. The molecule has 0 spiro atoms. The van der Waals surface area contributed by atoms with Crippen LogP contribution in [0.1, 0.15) is 15.9 Å². The molecule has 2 aromatic rings. The van der Waals surface area contributed by atoms with Crippen LogP contribution in [0.2, 0.25) is 0 Å². The molecule has 6 nitrogen and oxygen atoms in total. The first-order chi connectivity index (χ1) is 9.49. The first-order valence-corrected chi connectivity index (χ1v) is 5.65. The van der Waals surface area contributed by atoms with E-state index in [1.807, 2.05) is 0 Å². The summed E-state index contributed by atoms with van der Waals surface area (Å²) in [4.78, 5) is 26.0. The lowest BCUT2D eigenvalue weighted by molar-refractivity contribution is -0.385. The van der Waals surface area contributed by atoms with E-state index in [1.54, 1.807) is 19.2 Å². The highest BCUT2D eigenvalue weighted by Gasteiger charge is 2.21. The van der Waals surface area contributed by atoms with Crippen molar-refractivity contribution in [2.24, 2.45) is 0 Å². The molecule has 102 valence electrons. The molecule has 0 unspecified atom stereocenters. The summed E-state index contributed by atoms with van der Waals surface area (Å²) in [7, 11) is 0. The molecule has 1 amide bonds. The number of halogens is 1. The normalized spacial score (nSPS) is 10.1. The maximum Gasteiger partial charge on any atom is 0.282 e. The van der Waals surface area contributed by atoms with E-state index in [4.69, 9.17) is 0 Å². The van der Waals surface area contributed by atoms with E-state index in [-0.39, 0.29) is 5.56 Å². The largest absolute Gasteiger partial charge is 0.320 e. The number of nitrogens with zero attached hydrogens (tertiary/aromatic N) is 2. The third-order valence-corrected chi connectivity index (χ3v) is 2.69. The summed E-state index contributed by atoms with van der Waals surface area (Å²) in [6, 6.07) is 4.40. The van der Waals surface area contributed by atoms with Crippen molar-refractivity contribution in [2.75, 3.05) is 5.32 Å². The Hall–Kier alpha value is -2.83. The van der Waals surface area contributed by atoms with Crippen LogP contribution in [0.4, 0.5) is 15.8 Å². The Bertz CT molecular complexity index is 688. The Morgan fingerprint density at radius 2 is 2.15 bits per heavy atom. The Labute approximate surface area is 113 Å². The number of amides is 1. The van der Waals surface area contributed by atoms with E-state index in [1.165, 1.54) is 6.20 Å². The maximum atomic E-state index is 13.2. The predicted molar refractivity (Wildman–Crippen MR) is 70.0 cm³/mol. The summed E-state index contributed by atoms with van der Waals surface area (Å²) in [6.45, 7) is 1.75. The van der Waals surface area contributed by atoms with Crippen molar-refractivity contribution in [1.29, 1.82) is 0 Å². The van der Waals surface area contributed by atoms with E-state index < -0.39 is 22.3 Å². The minimum Gasteiger partial charge on any atom is -0.320 e. The van der Waals surface area contributed by atoms with Crippen molar-refractivity contribution in [1.82, 2.24) is 4.98 Å². The minimum atomic E-state index is -0.757. The fourth-order valence-corrected chi connectivity index (χ4v) is 1.63. The van der Waals surface area contributed by atoms with E-state index in [0.717, 1.165) is 23.8 Å². The molecule has 7 heteroatoms. The van der Waals surface area contributed by atoms with Gasteiger partial charge in [0.25, 0.3) is 11.6 Å². The third-order valence-electron chi connectivity index (χ3n) is 2.69. The first-order valence-electron chi connectivity index (χ1n) is 5.65. The molecule has 0 bridgehead atoms. The van der Waals surface area contributed by atoms with Crippen molar-refractivity contribution in [2.45, 2.75) is 6.92 Å². The summed E-state index contributed by atoms with van der Waals surface area (Å²) in [5.41, 5.74) is 0.368. The number of hydrogen-bond donors (Lipinski definition) is 1. The van der Waals surface area contributed by atoms with Gasteiger partial charge in [-0.25, -0.2) is 4.39 Å². The third kappa shape index (κ3) is 2.77. The molecular formula is C13H10FN3O3. The molecule has 20 heavy (non-hydrogen) atoms. The van der Waals surface area contributed by atoms with Crippen molar-refractivity contribution in [3.63, 3.8) is 0 Å². The van der Waals surface area contributed by atoms with Crippen LogP contribution in [0.25, 0.3) is 0 Å². The number of aryl methyl sites for hydroxylation is 1. The topological polar surface area (TPSA) is 85.1 Å². The smallest absolute Gasteiger partial charge is 0.282 e. The van der Waals surface area contributed by atoms with Gasteiger partial charge in [-0.05, 0) is 30.7 Å². The van der Waals surface area contributed by atoms with Crippen LogP contribution in [0.3, 0.4) is 0 Å². The molecule has 0 saturated heterocycles. The highest BCUT2D eigenvalue weighted by atomic mass is 19.1. The second-order valence-electron chi connectivity index (χ2n) is 4.06. The van der Waals surface area contributed by atoms with Crippen molar-refractivity contribution in [3.05, 3.63) is 63.7 Å². The summed E-state index contributed by atoms with van der Waals surface area (Å²) in [5, 5.41) is 13.3. The van der Waals surface area contributed by atoms with Crippen LogP contribution in [0.15, 0.2) is 36.7 Å².